The number of carbonyl (C=O) groups excluding carboxylic acids is 1. The Labute approximate surface area is 91.1 Å². The second kappa shape index (κ2) is 5.00. The van der Waals surface area contributed by atoms with Crippen molar-refractivity contribution in [3.8, 4) is 11.5 Å². The van der Waals surface area contributed by atoms with E-state index in [0.717, 1.165) is 11.3 Å². The molecule has 0 bridgehead atoms. The van der Waals surface area contributed by atoms with Crippen LogP contribution >= 0.6 is 15.9 Å². The van der Waals surface area contributed by atoms with Crippen LogP contribution in [0.3, 0.4) is 0 Å². The molecule has 0 unspecified atom stereocenters. The number of benzene rings is 1. The zero-order valence-electron chi connectivity index (χ0n) is 8.04. The normalized spacial score (nSPS) is 9.64. The molecule has 0 atom stereocenters. The molecule has 0 aliphatic carbocycles. The summed E-state index contributed by atoms with van der Waals surface area (Å²) in [6.07, 6.45) is 0. The van der Waals surface area contributed by atoms with E-state index in [0.29, 0.717) is 11.3 Å². The van der Waals surface area contributed by atoms with Gasteiger partial charge in [0.15, 0.2) is 0 Å². The highest BCUT2D eigenvalue weighted by Crippen LogP contribution is 2.23. The summed E-state index contributed by atoms with van der Waals surface area (Å²) in [6, 6.07) is 5.29. The third kappa shape index (κ3) is 3.03. The predicted molar refractivity (Wildman–Crippen MR) is 56.9 cm³/mol. The lowest BCUT2D eigenvalue weighted by Crippen LogP contribution is -2.02. The van der Waals surface area contributed by atoms with Crippen LogP contribution in [-0.4, -0.2) is 11.5 Å². The Balaban J connectivity index is 2.84. The Morgan fingerprint density at radius 3 is 2.71 bits per heavy atom. The first-order chi connectivity index (χ1) is 6.63. The third-order valence-corrected chi connectivity index (χ3v) is 1.85. The number of alkyl halides is 1. The topological polar surface area (TPSA) is 35.5 Å². The second-order valence-corrected chi connectivity index (χ2v) is 3.23. The van der Waals surface area contributed by atoms with Gasteiger partial charge in [0, 0.05) is 6.92 Å². The van der Waals surface area contributed by atoms with E-state index in [9.17, 15) is 4.79 Å². The summed E-state index contributed by atoms with van der Waals surface area (Å²) >= 11 is 3.16. The van der Waals surface area contributed by atoms with Gasteiger partial charge in [-0.1, -0.05) is 0 Å². The first-order valence-electron chi connectivity index (χ1n) is 4.11. The van der Waals surface area contributed by atoms with E-state index in [1.165, 1.54) is 6.92 Å². The average Bonchev–Trinajstić information content (AvgIpc) is 2.10. The van der Waals surface area contributed by atoms with Crippen LogP contribution in [0, 0.1) is 6.92 Å². The average molecular weight is 259 g/mol. The summed E-state index contributed by atoms with van der Waals surface area (Å²) in [5.41, 5.74) is 1.32. The molecule has 0 aliphatic heterocycles. The van der Waals surface area contributed by atoms with Crippen molar-refractivity contribution in [1.29, 1.82) is 0 Å². The van der Waals surface area contributed by atoms with Crippen LogP contribution in [0.4, 0.5) is 0 Å². The maximum absolute atomic E-state index is 10.7. The van der Waals surface area contributed by atoms with Gasteiger partial charge in [0.2, 0.25) is 0 Å². The Bertz CT molecular complexity index is 336. The van der Waals surface area contributed by atoms with Crippen molar-refractivity contribution in [2.45, 2.75) is 13.8 Å². The standard InChI is InChI=1S/C10H11BrO3/c1-7-5-9(13-6-11)3-4-10(7)14-8(2)12/h3-5H,6H2,1-2H3. The Morgan fingerprint density at radius 1 is 1.50 bits per heavy atom. The molecular weight excluding hydrogens is 248 g/mol. The minimum Gasteiger partial charge on any atom is -0.482 e. The molecule has 1 rings (SSSR count). The van der Waals surface area contributed by atoms with Gasteiger partial charge >= 0.3 is 5.97 Å². The number of hydrogen-bond donors (Lipinski definition) is 0. The molecule has 4 heteroatoms. The van der Waals surface area contributed by atoms with E-state index in [-0.39, 0.29) is 5.97 Å². The van der Waals surface area contributed by atoms with Crippen LogP contribution < -0.4 is 9.47 Å². The zero-order valence-corrected chi connectivity index (χ0v) is 9.63. The van der Waals surface area contributed by atoms with Crippen molar-refractivity contribution in [3.05, 3.63) is 23.8 Å². The zero-order chi connectivity index (χ0) is 10.6. The number of carbonyl (C=O) groups is 1. The van der Waals surface area contributed by atoms with Gasteiger partial charge in [0.25, 0.3) is 0 Å². The number of hydrogen-bond acceptors (Lipinski definition) is 3. The quantitative estimate of drug-likeness (QED) is 0.475. The summed E-state index contributed by atoms with van der Waals surface area (Å²) in [4.78, 5) is 10.7. The number of ether oxygens (including phenoxy) is 2. The molecule has 0 N–H and O–H groups in total. The van der Waals surface area contributed by atoms with Crippen molar-refractivity contribution in [2.24, 2.45) is 0 Å². The first kappa shape index (κ1) is 11.0. The second-order valence-electron chi connectivity index (χ2n) is 2.77. The minimum absolute atomic E-state index is 0.317. The molecule has 76 valence electrons. The van der Waals surface area contributed by atoms with Crippen molar-refractivity contribution >= 4 is 21.9 Å². The molecule has 3 nitrogen and oxygen atoms in total. The van der Waals surface area contributed by atoms with Crippen LogP contribution in [0.1, 0.15) is 12.5 Å². The molecule has 1 aromatic carbocycles. The lowest BCUT2D eigenvalue weighted by Gasteiger charge is -2.07. The molecule has 14 heavy (non-hydrogen) atoms. The summed E-state index contributed by atoms with van der Waals surface area (Å²) in [5, 5.41) is 0. The number of aryl methyl sites for hydroxylation is 1. The number of esters is 1. The lowest BCUT2D eigenvalue weighted by molar-refractivity contribution is -0.131. The van der Waals surface area contributed by atoms with E-state index in [4.69, 9.17) is 9.47 Å². The van der Waals surface area contributed by atoms with E-state index in [1.807, 2.05) is 13.0 Å². The molecule has 0 heterocycles. The molecule has 1 aromatic rings. The van der Waals surface area contributed by atoms with Gasteiger partial charge in [-0.05, 0) is 46.6 Å². The largest absolute Gasteiger partial charge is 0.482 e. The van der Waals surface area contributed by atoms with Crippen molar-refractivity contribution in [1.82, 2.24) is 0 Å². The highest BCUT2D eigenvalue weighted by atomic mass is 79.9. The molecule has 0 aliphatic rings. The van der Waals surface area contributed by atoms with Crippen LogP contribution in [0.15, 0.2) is 18.2 Å². The Kier molecular flexibility index (Phi) is 3.95. The molecule has 0 radical (unpaired) electrons. The highest BCUT2D eigenvalue weighted by Gasteiger charge is 2.03. The van der Waals surface area contributed by atoms with Crippen molar-refractivity contribution in [2.75, 3.05) is 5.52 Å². The third-order valence-electron chi connectivity index (χ3n) is 1.62. The Hall–Kier alpha value is -1.03. The Morgan fingerprint density at radius 2 is 2.21 bits per heavy atom. The minimum atomic E-state index is -0.317. The molecular formula is C10H11BrO3. The fourth-order valence-electron chi connectivity index (χ4n) is 1.04. The van der Waals surface area contributed by atoms with Gasteiger partial charge in [0.1, 0.15) is 17.0 Å². The molecule has 0 amide bonds. The maximum Gasteiger partial charge on any atom is 0.308 e. The smallest absolute Gasteiger partial charge is 0.308 e. The van der Waals surface area contributed by atoms with Crippen LogP contribution in [0.2, 0.25) is 0 Å². The summed E-state index contributed by atoms with van der Waals surface area (Å²) in [5.74, 6) is 0.997. The van der Waals surface area contributed by atoms with Crippen molar-refractivity contribution < 1.29 is 14.3 Å². The molecule has 0 saturated carbocycles. The van der Waals surface area contributed by atoms with Crippen LogP contribution in [0.25, 0.3) is 0 Å². The van der Waals surface area contributed by atoms with E-state index >= 15 is 0 Å². The van der Waals surface area contributed by atoms with Crippen molar-refractivity contribution in [3.63, 3.8) is 0 Å². The maximum atomic E-state index is 10.7. The van der Waals surface area contributed by atoms with Gasteiger partial charge in [-0.2, -0.15) is 0 Å². The molecule has 0 spiro atoms. The lowest BCUT2D eigenvalue weighted by atomic mass is 10.2. The molecule has 0 aromatic heterocycles. The molecule has 0 fully saturated rings. The van der Waals surface area contributed by atoms with Gasteiger partial charge in [0.05, 0.1) is 0 Å². The van der Waals surface area contributed by atoms with Crippen LogP contribution in [0.5, 0.6) is 11.5 Å². The highest BCUT2D eigenvalue weighted by molar-refractivity contribution is 9.09. The SMILES string of the molecule is CC(=O)Oc1ccc(OCBr)cc1C. The van der Waals surface area contributed by atoms with E-state index in [1.54, 1.807) is 12.1 Å². The van der Waals surface area contributed by atoms with Gasteiger partial charge < -0.3 is 9.47 Å². The van der Waals surface area contributed by atoms with E-state index in [2.05, 4.69) is 15.9 Å². The number of rotatable bonds is 3. The van der Waals surface area contributed by atoms with Crippen LogP contribution in [-0.2, 0) is 4.79 Å². The fraction of sp³-hybridized carbons (Fsp3) is 0.300. The fourth-order valence-corrected chi connectivity index (χ4v) is 1.31. The summed E-state index contributed by atoms with van der Waals surface area (Å²) in [6.45, 7) is 3.24. The molecule has 0 saturated heterocycles. The van der Waals surface area contributed by atoms with Gasteiger partial charge in [-0.3, -0.25) is 4.79 Å². The first-order valence-corrected chi connectivity index (χ1v) is 5.23. The van der Waals surface area contributed by atoms with Gasteiger partial charge in [-0.25, -0.2) is 0 Å². The summed E-state index contributed by atoms with van der Waals surface area (Å²) < 4.78 is 10.2. The predicted octanol–water partition coefficient (Wildman–Crippen LogP) is 2.65. The summed E-state index contributed by atoms with van der Waals surface area (Å²) in [7, 11) is 0. The number of halogens is 1. The monoisotopic (exact) mass is 258 g/mol. The van der Waals surface area contributed by atoms with E-state index < -0.39 is 0 Å². The van der Waals surface area contributed by atoms with Gasteiger partial charge in [-0.15, -0.1) is 0 Å².